The lowest BCUT2D eigenvalue weighted by molar-refractivity contribution is -0.157. The molecule has 0 bridgehead atoms. The standard InChI is InChI=1S/C18H23F3N2O6S/c1-10-6-12(18(19,20)21)8-13(22-10)23-14(24)7-11(9-28-30(5,26)27)15(23)16(25)29-17(2,3)4/h6,8,11,15H,7,9H2,1-5H3/t11-,15+/m1/s1. The minimum atomic E-state index is -4.69. The Hall–Kier alpha value is -2.21. The van der Waals surface area contributed by atoms with E-state index in [1.165, 1.54) is 6.92 Å². The maximum atomic E-state index is 13.2. The van der Waals surface area contributed by atoms with Gasteiger partial charge in [0.1, 0.15) is 17.5 Å². The Morgan fingerprint density at radius 3 is 2.37 bits per heavy atom. The van der Waals surface area contributed by atoms with Crippen LogP contribution < -0.4 is 4.90 Å². The van der Waals surface area contributed by atoms with Crippen LogP contribution in [0.15, 0.2) is 12.1 Å². The second-order valence-corrected chi connectivity index (χ2v) is 9.69. The first-order chi connectivity index (χ1) is 13.5. The van der Waals surface area contributed by atoms with E-state index in [-0.39, 0.29) is 17.9 Å². The summed E-state index contributed by atoms with van der Waals surface area (Å²) in [6.07, 6.45) is -4.20. The number of rotatable bonds is 5. The Balaban J connectivity index is 2.51. The molecule has 1 fully saturated rings. The first kappa shape index (κ1) is 24.1. The third kappa shape index (κ3) is 6.14. The smallest absolute Gasteiger partial charge is 0.416 e. The van der Waals surface area contributed by atoms with Crippen molar-refractivity contribution in [1.29, 1.82) is 0 Å². The van der Waals surface area contributed by atoms with E-state index in [0.717, 1.165) is 17.2 Å². The number of carbonyl (C=O) groups is 2. The van der Waals surface area contributed by atoms with Gasteiger partial charge < -0.3 is 4.74 Å². The van der Waals surface area contributed by atoms with Crippen molar-refractivity contribution < 1.29 is 40.1 Å². The van der Waals surface area contributed by atoms with Crippen molar-refractivity contribution in [2.45, 2.75) is 51.9 Å². The number of nitrogens with zero attached hydrogens (tertiary/aromatic N) is 2. The summed E-state index contributed by atoms with van der Waals surface area (Å²) in [4.78, 5) is 30.3. The maximum Gasteiger partial charge on any atom is 0.416 e. The quantitative estimate of drug-likeness (QED) is 0.499. The van der Waals surface area contributed by atoms with Gasteiger partial charge in [-0.25, -0.2) is 9.78 Å². The molecule has 0 unspecified atom stereocenters. The number of alkyl halides is 3. The first-order valence-corrected chi connectivity index (χ1v) is 10.7. The Labute approximate surface area is 172 Å². The number of ether oxygens (including phenoxy) is 1. The number of aryl methyl sites for hydroxylation is 1. The molecule has 1 aliphatic heterocycles. The number of hydrogen-bond acceptors (Lipinski definition) is 7. The zero-order valence-corrected chi connectivity index (χ0v) is 17.9. The number of carbonyl (C=O) groups excluding carboxylic acids is 2. The molecule has 0 saturated carbocycles. The van der Waals surface area contributed by atoms with Gasteiger partial charge in [0.15, 0.2) is 0 Å². The van der Waals surface area contributed by atoms with Crippen molar-refractivity contribution in [3.63, 3.8) is 0 Å². The Morgan fingerprint density at radius 1 is 1.27 bits per heavy atom. The van der Waals surface area contributed by atoms with E-state index in [1.807, 2.05) is 0 Å². The summed E-state index contributed by atoms with van der Waals surface area (Å²) in [5.41, 5.74) is -1.99. The van der Waals surface area contributed by atoms with Gasteiger partial charge >= 0.3 is 12.1 Å². The summed E-state index contributed by atoms with van der Waals surface area (Å²) in [6, 6.07) is 0.0904. The van der Waals surface area contributed by atoms with Crippen molar-refractivity contribution >= 4 is 27.8 Å². The molecule has 168 valence electrons. The summed E-state index contributed by atoms with van der Waals surface area (Å²) in [6.45, 7) is 5.57. The molecule has 0 N–H and O–H groups in total. The van der Waals surface area contributed by atoms with Gasteiger partial charge in [-0.1, -0.05) is 0 Å². The summed E-state index contributed by atoms with van der Waals surface area (Å²) < 4.78 is 72.5. The number of hydrogen-bond donors (Lipinski definition) is 0. The monoisotopic (exact) mass is 452 g/mol. The average molecular weight is 452 g/mol. The lowest BCUT2D eigenvalue weighted by Crippen LogP contribution is -2.46. The molecule has 1 aromatic rings. The molecule has 2 heterocycles. The van der Waals surface area contributed by atoms with Crippen LogP contribution >= 0.6 is 0 Å². The van der Waals surface area contributed by atoms with Crippen LogP contribution in [-0.2, 0) is 34.8 Å². The van der Waals surface area contributed by atoms with E-state index < -0.39 is 57.9 Å². The lowest BCUT2D eigenvalue weighted by atomic mass is 10.0. The van der Waals surface area contributed by atoms with E-state index in [9.17, 15) is 31.2 Å². The molecule has 12 heteroatoms. The van der Waals surface area contributed by atoms with Crippen LogP contribution in [0.25, 0.3) is 0 Å². The van der Waals surface area contributed by atoms with Gasteiger partial charge in [0.25, 0.3) is 10.1 Å². The summed E-state index contributed by atoms with van der Waals surface area (Å²) in [5, 5.41) is 0. The van der Waals surface area contributed by atoms with Crippen molar-refractivity contribution in [1.82, 2.24) is 4.98 Å². The zero-order valence-electron chi connectivity index (χ0n) is 17.1. The summed E-state index contributed by atoms with van der Waals surface area (Å²) >= 11 is 0. The van der Waals surface area contributed by atoms with E-state index in [2.05, 4.69) is 4.98 Å². The van der Waals surface area contributed by atoms with E-state index >= 15 is 0 Å². The second kappa shape index (κ2) is 8.14. The number of esters is 1. The third-order valence-corrected chi connectivity index (χ3v) is 4.65. The van der Waals surface area contributed by atoms with E-state index in [4.69, 9.17) is 8.92 Å². The van der Waals surface area contributed by atoms with Gasteiger partial charge in [-0.2, -0.15) is 21.6 Å². The van der Waals surface area contributed by atoms with E-state index in [0.29, 0.717) is 6.07 Å². The molecule has 0 radical (unpaired) electrons. The Morgan fingerprint density at radius 2 is 1.87 bits per heavy atom. The number of amides is 1. The van der Waals surface area contributed by atoms with Crippen molar-refractivity contribution in [3.8, 4) is 0 Å². The van der Waals surface area contributed by atoms with Crippen molar-refractivity contribution in [3.05, 3.63) is 23.4 Å². The highest BCUT2D eigenvalue weighted by atomic mass is 32.2. The fourth-order valence-electron chi connectivity index (χ4n) is 3.03. The summed E-state index contributed by atoms with van der Waals surface area (Å²) in [5.74, 6) is -2.92. The molecule has 1 amide bonds. The average Bonchev–Trinajstić information content (AvgIpc) is 2.86. The molecular weight excluding hydrogens is 429 g/mol. The van der Waals surface area contributed by atoms with Crippen molar-refractivity contribution in [2.75, 3.05) is 17.8 Å². The third-order valence-electron chi connectivity index (χ3n) is 4.09. The fraction of sp³-hybridized carbons (Fsp3) is 0.611. The molecule has 8 nitrogen and oxygen atoms in total. The highest BCUT2D eigenvalue weighted by Gasteiger charge is 2.48. The van der Waals surface area contributed by atoms with Gasteiger partial charge in [-0.3, -0.25) is 13.9 Å². The molecule has 1 aliphatic rings. The molecule has 0 aliphatic carbocycles. The zero-order chi connectivity index (χ0) is 23.1. The van der Waals surface area contributed by atoms with Crippen LogP contribution in [0.2, 0.25) is 0 Å². The molecule has 1 saturated heterocycles. The topological polar surface area (TPSA) is 103 Å². The largest absolute Gasteiger partial charge is 0.458 e. The predicted octanol–water partition coefficient (Wildman–Crippen LogP) is 2.45. The van der Waals surface area contributed by atoms with Crippen LogP contribution in [-0.4, -0.2) is 49.8 Å². The number of anilines is 1. The second-order valence-electron chi connectivity index (χ2n) is 8.05. The minimum absolute atomic E-state index is 0.00796. The minimum Gasteiger partial charge on any atom is -0.458 e. The van der Waals surface area contributed by atoms with Crippen LogP contribution in [0.4, 0.5) is 19.0 Å². The molecule has 30 heavy (non-hydrogen) atoms. The van der Waals surface area contributed by atoms with Crippen LogP contribution in [0.5, 0.6) is 0 Å². The van der Waals surface area contributed by atoms with Gasteiger partial charge in [0.2, 0.25) is 5.91 Å². The first-order valence-electron chi connectivity index (χ1n) is 8.93. The van der Waals surface area contributed by atoms with Crippen LogP contribution in [0, 0.1) is 12.8 Å². The highest BCUT2D eigenvalue weighted by Crippen LogP contribution is 2.36. The van der Waals surface area contributed by atoms with Gasteiger partial charge in [0, 0.05) is 18.0 Å². The lowest BCUT2D eigenvalue weighted by Gasteiger charge is -2.29. The van der Waals surface area contributed by atoms with Gasteiger partial charge in [0.05, 0.1) is 18.4 Å². The molecule has 1 aromatic heterocycles. The highest BCUT2D eigenvalue weighted by molar-refractivity contribution is 7.85. The van der Waals surface area contributed by atoms with Crippen LogP contribution in [0.1, 0.15) is 38.4 Å². The number of pyridine rings is 1. The SMILES string of the molecule is Cc1cc(C(F)(F)F)cc(N2C(=O)C[C@H](COS(C)(=O)=O)[C@H]2C(=O)OC(C)(C)C)n1. The normalized spacial score (nSPS) is 20.5. The molecule has 0 spiro atoms. The molecule has 2 atom stereocenters. The van der Waals surface area contributed by atoms with Crippen LogP contribution in [0.3, 0.4) is 0 Å². The fourth-order valence-corrected chi connectivity index (χ4v) is 3.45. The molecule has 2 rings (SSSR count). The molecule has 0 aromatic carbocycles. The number of aromatic nitrogens is 1. The van der Waals surface area contributed by atoms with Gasteiger partial charge in [-0.05, 0) is 39.8 Å². The molecular formula is C18H23F3N2O6S. The van der Waals surface area contributed by atoms with Crippen molar-refractivity contribution in [2.24, 2.45) is 5.92 Å². The number of halogens is 3. The Kier molecular flexibility index (Phi) is 6.53. The predicted molar refractivity (Wildman–Crippen MR) is 100.0 cm³/mol. The van der Waals surface area contributed by atoms with E-state index in [1.54, 1.807) is 20.8 Å². The van der Waals surface area contributed by atoms with Gasteiger partial charge in [-0.15, -0.1) is 0 Å². The summed E-state index contributed by atoms with van der Waals surface area (Å²) in [7, 11) is -3.87. The maximum absolute atomic E-state index is 13.2. The Bertz CT molecular complexity index is 940.